The van der Waals surface area contributed by atoms with Crippen molar-refractivity contribution in [3.8, 4) is 0 Å². The van der Waals surface area contributed by atoms with E-state index in [1.165, 1.54) is 141 Å². The number of amides is 1. The van der Waals surface area contributed by atoms with E-state index in [-0.39, 0.29) is 6.61 Å². The Labute approximate surface area is 261 Å². The topological polar surface area (TPSA) is 89.8 Å². The molecular formula is C37H73NO4. The van der Waals surface area contributed by atoms with Crippen LogP contribution >= 0.6 is 0 Å². The van der Waals surface area contributed by atoms with Gasteiger partial charge in [0.2, 0.25) is 5.91 Å². The monoisotopic (exact) mass is 596 g/mol. The van der Waals surface area contributed by atoms with Crippen molar-refractivity contribution in [2.24, 2.45) is 0 Å². The fourth-order valence-corrected chi connectivity index (χ4v) is 5.65. The second kappa shape index (κ2) is 33.0. The first-order chi connectivity index (χ1) is 20.6. The zero-order valence-corrected chi connectivity index (χ0v) is 28.1. The average molecular weight is 596 g/mol. The van der Waals surface area contributed by atoms with Gasteiger partial charge >= 0.3 is 0 Å². The number of allylic oxidation sites excluding steroid dienone is 1. The van der Waals surface area contributed by atoms with Crippen molar-refractivity contribution in [1.29, 1.82) is 0 Å². The van der Waals surface area contributed by atoms with E-state index >= 15 is 0 Å². The molecule has 5 nitrogen and oxygen atoms in total. The van der Waals surface area contributed by atoms with Crippen LogP contribution in [0, 0.1) is 0 Å². The number of nitrogens with one attached hydrogen (secondary N) is 1. The normalized spacial score (nSPS) is 13.9. The van der Waals surface area contributed by atoms with Crippen LogP contribution in [0.5, 0.6) is 0 Å². The lowest BCUT2D eigenvalue weighted by Crippen LogP contribution is -2.48. The summed E-state index contributed by atoms with van der Waals surface area (Å²) < 4.78 is 0. The quantitative estimate of drug-likeness (QED) is 0.0449. The van der Waals surface area contributed by atoms with Gasteiger partial charge < -0.3 is 20.6 Å². The molecule has 0 saturated heterocycles. The van der Waals surface area contributed by atoms with Gasteiger partial charge in [-0.05, 0) is 19.3 Å². The molecule has 0 aromatic heterocycles. The van der Waals surface area contributed by atoms with Crippen LogP contribution in [0.3, 0.4) is 0 Å². The van der Waals surface area contributed by atoms with E-state index in [9.17, 15) is 20.1 Å². The first-order valence-electron chi connectivity index (χ1n) is 18.5. The molecule has 0 heterocycles. The minimum Gasteiger partial charge on any atom is -0.394 e. The molecule has 0 aromatic carbocycles. The largest absolute Gasteiger partial charge is 0.394 e. The molecule has 0 rings (SSSR count). The van der Waals surface area contributed by atoms with E-state index in [4.69, 9.17) is 0 Å². The Morgan fingerprint density at radius 3 is 1.31 bits per heavy atom. The molecule has 4 N–H and O–H groups in total. The van der Waals surface area contributed by atoms with Gasteiger partial charge in [0, 0.05) is 0 Å². The van der Waals surface area contributed by atoms with Crippen LogP contribution < -0.4 is 5.32 Å². The third-order valence-corrected chi connectivity index (χ3v) is 8.63. The molecular weight excluding hydrogens is 522 g/mol. The summed E-state index contributed by atoms with van der Waals surface area (Å²) in [5.41, 5.74) is 0. The van der Waals surface area contributed by atoms with Gasteiger partial charge in [-0.25, -0.2) is 0 Å². The Morgan fingerprint density at radius 2 is 0.929 bits per heavy atom. The molecule has 0 aliphatic carbocycles. The summed E-state index contributed by atoms with van der Waals surface area (Å²) in [6, 6.07) is -0.790. The summed E-state index contributed by atoms with van der Waals surface area (Å²) in [6.45, 7) is 4.15. The molecule has 3 unspecified atom stereocenters. The van der Waals surface area contributed by atoms with Crippen molar-refractivity contribution in [2.45, 2.75) is 212 Å². The first kappa shape index (κ1) is 41.1. The Morgan fingerprint density at radius 1 is 0.571 bits per heavy atom. The maximum atomic E-state index is 12.3. The lowest BCUT2D eigenvalue weighted by Gasteiger charge is -2.21. The van der Waals surface area contributed by atoms with Gasteiger partial charge in [-0.3, -0.25) is 4.79 Å². The lowest BCUT2D eigenvalue weighted by molar-refractivity contribution is -0.131. The maximum Gasteiger partial charge on any atom is 0.249 e. The minimum absolute atomic E-state index is 0.360. The number of rotatable bonds is 33. The molecule has 1 amide bonds. The Hall–Kier alpha value is -0.910. The maximum absolute atomic E-state index is 12.3. The summed E-state index contributed by atoms with van der Waals surface area (Å²) in [6.07, 6.45) is 36.6. The van der Waals surface area contributed by atoms with Crippen LogP contribution in [0.4, 0.5) is 0 Å². The Kier molecular flexibility index (Phi) is 32.3. The van der Waals surface area contributed by atoms with Crippen LogP contribution in [0.2, 0.25) is 0 Å². The number of hydrogen-bond acceptors (Lipinski definition) is 4. The third-order valence-electron chi connectivity index (χ3n) is 8.63. The van der Waals surface area contributed by atoms with E-state index in [1.807, 2.05) is 6.08 Å². The molecule has 0 aromatic rings. The van der Waals surface area contributed by atoms with Gasteiger partial charge in [0.05, 0.1) is 18.8 Å². The predicted molar refractivity (Wildman–Crippen MR) is 181 cm³/mol. The lowest BCUT2D eigenvalue weighted by atomic mass is 10.0. The summed E-state index contributed by atoms with van der Waals surface area (Å²) in [7, 11) is 0. The van der Waals surface area contributed by atoms with Crippen molar-refractivity contribution in [2.75, 3.05) is 6.61 Å². The predicted octanol–water partition coefficient (Wildman–Crippen LogP) is 9.70. The van der Waals surface area contributed by atoms with Crippen molar-refractivity contribution >= 4 is 5.91 Å². The number of carbonyl (C=O) groups is 1. The Bertz CT molecular complexity index is 582. The van der Waals surface area contributed by atoms with Gasteiger partial charge in [-0.2, -0.15) is 0 Å². The molecule has 0 aliphatic rings. The van der Waals surface area contributed by atoms with Crippen LogP contribution in [-0.2, 0) is 4.79 Å². The molecule has 3 atom stereocenters. The molecule has 0 fully saturated rings. The molecule has 5 heteroatoms. The fraction of sp³-hybridized carbons (Fsp3) is 0.919. The van der Waals surface area contributed by atoms with E-state index in [0.29, 0.717) is 6.42 Å². The SMILES string of the molecule is CCCCCCCCCCCCCCCCCCC/C=C/C(O)C(CO)NC(=O)C(O)CCCCCCCCCCC. The fourth-order valence-electron chi connectivity index (χ4n) is 5.65. The van der Waals surface area contributed by atoms with Crippen LogP contribution in [0.25, 0.3) is 0 Å². The van der Waals surface area contributed by atoms with Crippen LogP contribution in [0.1, 0.15) is 194 Å². The van der Waals surface area contributed by atoms with Crippen molar-refractivity contribution in [3.63, 3.8) is 0 Å². The number of aliphatic hydroxyl groups excluding tert-OH is 3. The zero-order chi connectivity index (χ0) is 30.9. The number of hydrogen-bond donors (Lipinski definition) is 4. The molecule has 250 valence electrons. The zero-order valence-electron chi connectivity index (χ0n) is 28.1. The molecule has 42 heavy (non-hydrogen) atoms. The molecule has 0 radical (unpaired) electrons. The smallest absolute Gasteiger partial charge is 0.249 e. The highest BCUT2D eigenvalue weighted by molar-refractivity contribution is 5.80. The second-order valence-corrected chi connectivity index (χ2v) is 12.8. The van der Waals surface area contributed by atoms with Gasteiger partial charge in [0.25, 0.3) is 0 Å². The third kappa shape index (κ3) is 27.9. The Balaban J connectivity index is 3.68. The van der Waals surface area contributed by atoms with Crippen molar-refractivity contribution in [3.05, 3.63) is 12.2 Å². The van der Waals surface area contributed by atoms with E-state index in [2.05, 4.69) is 19.2 Å². The standard InChI is InChI=1S/C37H73NO4/c1-3-5-7-9-11-13-14-15-16-17-18-19-20-21-22-24-25-27-29-31-35(40)34(33-39)38-37(42)36(41)32-30-28-26-23-12-10-8-6-4-2/h29,31,34-36,39-41H,3-28,30,32-33H2,1-2H3,(H,38,42)/b31-29+. The van der Waals surface area contributed by atoms with Gasteiger partial charge in [-0.15, -0.1) is 0 Å². The second-order valence-electron chi connectivity index (χ2n) is 12.8. The number of carbonyl (C=O) groups excluding carboxylic acids is 1. The van der Waals surface area contributed by atoms with E-state index in [1.54, 1.807) is 6.08 Å². The van der Waals surface area contributed by atoms with E-state index in [0.717, 1.165) is 32.1 Å². The van der Waals surface area contributed by atoms with Crippen LogP contribution in [-0.4, -0.2) is 46.1 Å². The minimum atomic E-state index is -1.09. The molecule has 0 saturated carbocycles. The van der Waals surface area contributed by atoms with E-state index < -0.39 is 24.2 Å². The summed E-state index contributed by atoms with van der Waals surface area (Å²) in [5, 5.41) is 32.8. The van der Waals surface area contributed by atoms with Gasteiger partial charge in [0.1, 0.15) is 6.10 Å². The van der Waals surface area contributed by atoms with Gasteiger partial charge in [0.15, 0.2) is 0 Å². The average Bonchev–Trinajstić information content (AvgIpc) is 2.99. The summed E-state index contributed by atoms with van der Waals surface area (Å²) in [5.74, 6) is -0.505. The molecule has 0 spiro atoms. The number of aliphatic hydroxyl groups is 3. The summed E-state index contributed by atoms with van der Waals surface area (Å²) >= 11 is 0. The highest BCUT2D eigenvalue weighted by Crippen LogP contribution is 2.15. The van der Waals surface area contributed by atoms with Crippen molar-refractivity contribution < 1.29 is 20.1 Å². The number of unbranched alkanes of at least 4 members (excludes halogenated alkanes) is 25. The highest BCUT2D eigenvalue weighted by Gasteiger charge is 2.22. The van der Waals surface area contributed by atoms with Crippen molar-refractivity contribution in [1.82, 2.24) is 5.32 Å². The molecule has 0 bridgehead atoms. The first-order valence-corrected chi connectivity index (χ1v) is 18.5. The highest BCUT2D eigenvalue weighted by atomic mass is 16.3. The van der Waals surface area contributed by atoms with Gasteiger partial charge in [-0.1, -0.05) is 187 Å². The van der Waals surface area contributed by atoms with Crippen LogP contribution in [0.15, 0.2) is 12.2 Å². The summed E-state index contributed by atoms with van der Waals surface area (Å²) in [4.78, 5) is 12.3. The molecule has 0 aliphatic heterocycles.